The van der Waals surface area contributed by atoms with Crippen molar-refractivity contribution in [3.8, 4) is 6.07 Å². The Balaban J connectivity index is 3.41. The van der Waals surface area contributed by atoms with Gasteiger partial charge in [0.25, 0.3) is 5.69 Å². The number of para-hydroxylation sites is 1. The zero-order chi connectivity index (χ0) is 9.84. The number of alkyl halides is 1. The minimum atomic E-state index is -0.587. The van der Waals surface area contributed by atoms with Crippen LogP contribution in [0.2, 0.25) is 0 Å². The second kappa shape index (κ2) is 3.87. The van der Waals surface area contributed by atoms with Gasteiger partial charge in [-0.05, 0) is 6.07 Å². The van der Waals surface area contributed by atoms with Gasteiger partial charge in [-0.1, -0.05) is 12.1 Å². The molecule has 0 aliphatic carbocycles. The Hall–Kier alpha value is -1.60. The summed E-state index contributed by atoms with van der Waals surface area (Å²) in [7, 11) is 0. The molecule has 0 amide bonds. The monoisotopic (exact) mass is 196 g/mol. The summed E-state index contributed by atoms with van der Waals surface area (Å²) < 4.78 is 0. The van der Waals surface area contributed by atoms with E-state index in [4.69, 9.17) is 16.9 Å². The van der Waals surface area contributed by atoms with E-state index >= 15 is 0 Å². The van der Waals surface area contributed by atoms with Gasteiger partial charge in [0, 0.05) is 5.56 Å². The Morgan fingerprint density at radius 2 is 2.31 bits per heavy atom. The molecule has 0 bridgehead atoms. The lowest BCUT2D eigenvalue weighted by atomic mass is 10.1. The van der Waals surface area contributed by atoms with E-state index in [1.165, 1.54) is 12.1 Å². The molecule has 0 aromatic heterocycles. The lowest BCUT2D eigenvalue weighted by Gasteiger charge is -1.98. The fraction of sp³-hybridized carbons (Fsp3) is 0.125. The average Bonchev–Trinajstić information content (AvgIpc) is 2.16. The summed E-state index contributed by atoms with van der Waals surface area (Å²) in [6.45, 7) is 0. The highest BCUT2D eigenvalue weighted by Crippen LogP contribution is 2.24. The summed E-state index contributed by atoms with van der Waals surface area (Å²) in [6, 6.07) is 6.25. The van der Waals surface area contributed by atoms with Crippen LogP contribution in [0, 0.1) is 21.4 Å². The van der Waals surface area contributed by atoms with E-state index in [1.54, 1.807) is 12.1 Å². The van der Waals surface area contributed by atoms with Crippen molar-refractivity contribution in [3.63, 3.8) is 0 Å². The molecule has 0 aliphatic rings. The number of rotatable bonds is 2. The van der Waals surface area contributed by atoms with Gasteiger partial charge < -0.3 is 0 Å². The highest BCUT2D eigenvalue weighted by atomic mass is 35.5. The van der Waals surface area contributed by atoms with Crippen molar-refractivity contribution in [2.75, 3.05) is 0 Å². The lowest BCUT2D eigenvalue weighted by molar-refractivity contribution is -0.385. The molecule has 0 atom stereocenters. The molecule has 0 unspecified atom stereocenters. The molecule has 66 valence electrons. The van der Waals surface area contributed by atoms with Gasteiger partial charge in [-0.15, -0.1) is 11.6 Å². The van der Waals surface area contributed by atoms with E-state index < -0.39 is 4.92 Å². The first kappa shape index (κ1) is 9.49. The van der Waals surface area contributed by atoms with Gasteiger partial charge in [-0.25, -0.2) is 0 Å². The standard InChI is InChI=1S/C8H5ClN2O2/c9-4-6-2-1-3-7(5-10)8(6)11(12)13/h1-3H,4H2. The molecule has 0 saturated carbocycles. The van der Waals surface area contributed by atoms with Crippen LogP contribution < -0.4 is 0 Å². The van der Waals surface area contributed by atoms with Gasteiger partial charge in [0.2, 0.25) is 0 Å². The largest absolute Gasteiger partial charge is 0.291 e. The Morgan fingerprint density at radius 3 is 2.77 bits per heavy atom. The van der Waals surface area contributed by atoms with Crippen molar-refractivity contribution >= 4 is 17.3 Å². The normalized spacial score (nSPS) is 9.23. The Bertz CT molecular complexity index is 384. The third-order valence-electron chi connectivity index (χ3n) is 1.57. The molecule has 4 nitrogen and oxygen atoms in total. The summed E-state index contributed by atoms with van der Waals surface area (Å²) in [5.41, 5.74) is 0.217. The molecular weight excluding hydrogens is 192 g/mol. The summed E-state index contributed by atoms with van der Waals surface area (Å²) in [5.74, 6) is 0.0336. The third-order valence-corrected chi connectivity index (χ3v) is 1.85. The predicted octanol–water partition coefficient (Wildman–Crippen LogP) is 2.21. The predicted molar refractivity (Wildman–Crippen MR) is 47.4 cm³/mol. The molecule has 0 aliphatic heterocycles. The maximum Gasteiger partial charge on any atom is 0.291 e. The van der Waals surface area contributed by atoms with Crippen LogP contribution in [0.15, 0.2) is 18.2 Å². The second-order valence-electron chi connectivity index (χ2n) is 2.32. The number of hydrogen-bond acceptors (Lipinski definition) is 3. The van der Waals surface area contributed by atoms with Crippen LogP contribution in [-0.4, -0.2) is 4.92 Å². The molecule has 0 fully saturated rings. The van der Waals surface area contributed by atoms with Crippen molar-refractivity contribution in [2.24, 2.45) is 0 Å². The van der Waals surface area contributed by atoms with Gasteiger partial charge in [0.05, 0.1) is 10.8 Å². The first-order valence-corrected chi connectivity index (χ1v) is 3.96. The maximum atomic E-state index is 10.6. The van der Waals surface area contributed by atoms with Crippen LogP contribution in [0.4, 0.5) is 5.69 Å². The molecule has 0 spiro atoms. The quantitative estimate of drug-likeness (QED) is 0.414. The van der Waals surface area contributed by atoms with Gasteiger partial charge >= 0.3 is 0 Å². The summed E-state index contributed by atoms with van der Waals surface area (Å²) in [4.78, 5) is 9.97. The van der Waals surface area contributed by atoms with Crippen LogP contribution in [0.5, 0.6) is 0 Å². The Morgan fingerprint density at radius 1 is 1.62 bits per heavy atom. The van der Waals surface area contributed by atoms with E-state index in [9.17, 15) is 10.1 Å². The van der Waals surface area contributed by atoms with Crippen LogP contribution >= 0.6 is 11.6 Å². The fourth-order valence-corrected chi connectivity index (χ4v) is 1.22. The Kier molecular flexibility index (Phi) is 2.83. The van der Waals surface area contributed by atoms with E-state index in [0.717, 1.165) is 0 Å². The van der Waals surface area contributed by atoms with E-state index in [0.29, 0.717) is 5.56 Å². The highest BCUT2D eigenvalue weighted by molar-refractivity contribution is 6.17. The zero-order valence-corrected chi connectivity index (χ0v) is 7.28. The van der Waals surface area contributed by atoms with Crippen LogP contribution in [0.3, 0.4) is 0 Å². The molecule has 0 radical (unpaired) electrons. The average molecular weight is 197 g/mol. The zero-order valence-electron chi connectivity index (χ0n) is 6.53. The van der Waals surface area contributed by atoms with Gasteiger partial charge in [-0.2, -0.15) is 5.26 Å². The molecule has 1 aromatic carbocycles. The number of nitriles is 1. The Labute approximate surface area is 79.5 Å². The SMILES string of the molecule is N#Cc1cccc(CCl)c1[N+](=O)[O-]. The van der Waals surface area contributed by atoms with Crippen molar-refractivity contribution in [3.05, 3.63) is 39.4 Å². The van der Waals surface area contributed by atoms with Gasteiger partial charge in [0.1, 0.15) is 11.6 Å². The number of halogens is 1. The van der Waals surface area contributed by atoms with Crippen molar-refractivity contribution in [1.82, 2.24) is 0 Å². The van der Waals surface area contributed by atoms with E-state index in [2.05, 4.69) is 0 Å². The number of nitro benzene ring substituents is 1. The molecule has 13 heavy (non-hydrogen) atoms. The maximum absolute atomic E-state index is 10.6. The first-order chi connectivity index (χ1) is 6.20. The second-order valence-corrected chi connectivity index (χ2v) is 2.58. The number of nitrogens with zero attached hydrogens (tertiary/aromatic N) is 2. The molecule has 0 saturated heterocycles. The molecule has 1 rings (SSSR count). The molecule has 0 N–H and O–H groups in total. The molecule has 1 aromatic rings. The molecule has 5 heteroatoms. The van der Waals surface area contributed by atoms with E-state index in [1.807, 2.05) is 0 Å². The van der Waals surface area contributed by atoms with Crippen molar-refractivity contribution < 1.29 is 4.92 Å². The number of benzene rings is 1. The van der Waals surface area contributed by atoms with Crippen LogP contribution in [0.1, 0.15) is 11.1 Å². The van der Waals surface area contributed by atoms with Gasteiger partial charge in [0.15, 0.2) is 0 Å². The lowest BCUT2D eigenvalue weighted by Crippen LogP contribution is -1.96. The minimum Gasteiger partial charge on any atom is -0.258 e. The van der Waals surface area contributed by atoms with Crippen LogP contribution in [-0.2, 0) is 5.88 Å². The van der Waals surface area contributed by atoms with Crippen LogP contribution in [0.25, 0.3) is 0 Å². The summed E-state index contributed by atoms with van der Waals surface area (Å²) in [5, 5.41) is 19.1. The molecule has 0 heterocycles. The van der Waals surface area contributed by atoms with E-state index in [-0.39, 0.29) is 17.1 Å². The highest BCUT2D eigenvalue weighted by Gasteiger charge is 2.17. The number of nitro groups is 1. The topological polar surface area (TPSA) is 66.9 Å². The summed E-state index contributed by atoms with van der Waals surface area (Å²) in [6.07, 6.45) is 0. The van der Waals surface area contributed by atoms with Gasteiger partial charge in [-0.3, -0.25) is 10.1 Å². The number of hydrogen-bond donors (Lipinski definition) is 0. The first-order valence-electron chi connectivity index (χ1n) is 3.43. The fourth-order valence-electron chi connectivity index (χ4n) is 1.00. The molecular formula is C8H5ClN2O2. The summed E-state index contributed by atoms with van der Waals surface area (Å²) >= 11 is 5.49. The minimum absolute atomic E-state index is 0.0336. The smallest absolute Gasteiger partial charge is 0.258 e. The third kappa shape index (κ3) is 1.76. The van der Waals surface area contributed by atoms with Crippen molar-refractivity contribution in [1.29, 1.82) is 5.26 Å². The van der Waals surface area contributed by atoms with Crippen molar-refractivity contribution in [2.45, 2.75) is 5.88 Å².